The molecule has 8 heteroatoms. The fraction of sp³-hybridized carbons (Fsp3) is 0.448. The lowest BCUT2D eigenvalue weighted by atomic mass is 9.83. The van der Waals surface area contributed by atoms with Crippen molar-refractivity contribution < 1.29 is 19.0 Å². The summed E-state index contributed by atoms with van der Waals surface area (Å²) in [6.07, 6.45) is 6.64. The molecule has 1 aliphatic heterocycles. The average Bonchev–Trinajstić information content (AvgIpc) is 2.90. The molecule has 1 amide bonds. The maximum absolute atomic E-state index is 13.3. The van der Waals surface area contributed by atoms with E-state index in [9.17, 15) is 14.3 Å². The number of nitrogens with one attached hydrogen (secondary N) is 1. The molecule has 1 aromatic heterocycles. The minimum Gasteiger partial charge on any atom is -0.486 e. The number of β-amino-alcohol motifs (C(OH)–C–C–N with tert-alkyl or cyclic N) is 1. The van der Waals surface area contributed by atoms with Crippen molar-refractivity contribution in [2.75, 3.05) is 19.6 Å². The summed E-state index contributed by atoms with van der Waals surface area (Å²) < 4.78 is 19.2. The first-order chi connectivity index (χ1) is 18.0. The zero-order valence-electron chi connectivity index (χ0n) is 20.8. The smallest absolute Gasteiger partial charge is 0.252 e. The number of halogens is 2. The number of pyridine rings is 1. The number of amides is 1. The lowest BCUT2D eigenvalue weighted by molar-refractivity contribution is -0.0266. The minimum atomic E-state index is -0.620. The number of aromatic nitrogens is 1. The van der Waals surface area contributed by atoms with Gasteiger partial charge in [0, 0.05) is 30.7 Å². The number of benzene rings is 2. The van der Waals surface area contributed by atoms with Crippen molar-refractivity contribution in [3.05, 3.63) is 71.1 Å². The van der Waals surface area contributed by atoms with Gasteiger partial charge >= 0.3 is 0 Å². The van der Waals surface area contributed by atoms with Crippen molar-refractivity contribution >= 4 is 28.4 Å². The van der Waals surface area contributed by atoms with Gasteiger partial charge in [-0.1, -0.05) is 29.8 Å². The normalized spacial score (nSPS) is 24.6. The van der Waals surface area contributed by atoms with Gasteiger partial charge in [-0.25, -0.2) is 4.39 Å². The Hall–Kier alpha value is -2.74. The van der Waals surface area contributed by atoms with Crippen LogP contribution in [0.2, 0.25) is 5.02 Å². The van der Waals surface area contributed by atoms with Gasteiger partial charge in [0.05, 0.1) is 16.1 Å². The van der Waals surface area contributed by atoms with Crippen molar-refractivity contribution in [1.82, 2.24) is 15.2 Å². The number of para-hydroxylation sites is 1. The Kier molecular flexibility index (Phi) is 8.23. The fourth-order valence-electron chi connectivity index (χ4n) is 5.57. The third-order valence-electron chi connectivity index (χ3n) is 7.71. The quantitative estimate of drug-likeness (QED) is 0.442. The van der Waals surface area contributed by atoms with E-state index in [1.165, 1.54) is 18.2 Å². The lowest BCUT2D eigenvalue weighted by Gasteiger charge is -2.37. The number of nitrogens with zero attached hydrogens (tertiary/aromatic N) is 2. The Balaban J connectivity index is 1.04. The molecular formula is C29H33ClFN3O3. The maximum Gasteiger partial charge on any atom is 0.252 e. The predicted octanol–water partition coefficient (Wildman–Crippen LogP) is 5.22. The molecule has 196 valence electrons. The number of piperidine rings is 1. The number of ether oxygens (including phenoxy) is 1. The predicted molar refractivity (Wildman–Crippen MR) is 142 cm³/mol. The summed E-state index contributed by atoms with van der Waals surface area (Å²) in [4.78, 5) is 19.6. The topological polar surface area (TPSA) is 74.7 Å². The number of aliphatic hydroxyl groups excluding tert-OH is 1. The van der Waals surface area contributed by atoms with Gasteiger partial charge in [-0.15, -0.1) is 0 Å². The molecule has 0 radical (unpaired) electrons. The van der Waals surface area contributed by atoms with Crippen LogP contribution in [0, 0.1) is 11.7 Å². The SMILES string of the molecule is O=C(N[C@H]1CC[C@H](CCN2CCC(Oc3ccc(F)cc3Cl)C(O)C2)CC1)c1ccnc2ccccc12. The molecule has 37 heavy (non-hydrogen) atoms. The van der Waals surface area contributed by atoms with Crippen molar-refractivity contribution in [3.63, 3.8) is 0 Å². The monoisotopic (exact) mass is 525 g/mol. The van der Waals surface area contributed by atoms with E-state index in [2.05, 4.69) is 15.2 Å². The summed E-state index contributed by atoms with van der Waals surface area (Å²) in [6.45, 7) is 2.33. The van der Waals surface area contributed by atoms with Gasteiger partial charge in [0.25, 0.3) is 5.91 Å². The van der Waals surface area contributed by atoms with Crippen LogP contribution in [-0.4, -0.2) is 58.8 Å². The van der Waals surface area contributed by atoms with Crippen LogP contribution in [0.1, 0.15) is 48.9 Å². The van der Waals surface area contributed by atoms with E-state index < -0.39 is 11.9 Å². The first kappa shape index (κ1) is 25.9. The van der Waals surface area contributed by atoms with Crippen LogP contribution in [0.3, 0.4) is 0 Å². The number of rotatable bonds is 7. The minimum absolute atomic E-state index is 0.0250. The van der Waals surface area contributed by atoms with Crippen molar-refractivity contribution in [2.24, 2.45) is 5.92 Å². The lowest BCUT2D eigenvalue weighted by Crippen LogP contribution is -2.49. The first-order valence-electron chi connectivity index (χ1n) is 13.1. The maximum atomic E-state index is 13.3. The molecule has 5 rings (SSSR count). The molecule has 2 N–H and O–H groups in total. The summed E-state index contributed by atoms with van der Waals surface area (Å²) >= 11 is 6.07. The fourth-order valence-corrected chi connectivity index (χ4v) is 5.78. The van der Waals surface area contributed by atoms with E-state index in [-0.39, 0.29) is 23.1 Å². The molecular weight excluding hydrogens is 493 g/mol. The molecule has 2 unspecified atom stereocenters. The van der Waals surface area contributed by atoms with Crippen molar-refractivity contribution in [1.29, 1.82) is 0 Å². The van der Waals surface area contributed by atoms with E-state index in [0.29, 0.717) is 30.2 Å². The van der Waals surface area contributed by atoms with E-state index in [1.807, 2.05) is 24.3 Å². The van der Waals surface area contributed by atoms with Crippen molar-refractivity contribution in [2.45, 2.75) is 56.8 Å². The summed E-state index contributed by atoms with van der Waals surface area (Å²) in [5, 5.41) is 15.0. The number of aliphatic hydroxyl groups is 1. The van der Waals surface area contributed by atoms with Gasteiger partial charge in [-0.3, -0.25) is 9.78 Å². The number of carbonyl (C=O) groups is 1. The van der Waals surface area contributed by atoms with Gasteiger partial charge in [-0.05, 0) is 81.3 Å². The summed E-state index contributed by atoms with van der Waals surface area (Å²) in [5.74, 6) is 0.593. The summed E-state index contributed by atoms with van der Waals surface area (Å²) in [6, 6.07) is 13.8. The largest absolute Gasteiger partial charge is 0.486 e. The Morgan fingerprint density at radius 3 is 2.73 bits per heavy atom. The van der Waals surface area contributed by atoms with E-state index >= 15 is 0 Å². The van der Waals surface area contributed by atoms with Crippen LogP contribution >= 0.6 is 11.6 Å². The molecule has 1 aliphatic carbocycles. The average molecular weight is 526 g/mol. The molecule has 6 nitrogen and oxygen atoms in total. The summed E-state index contributed by atoms with van der Waals surface area (Å²) in [5.41, 5.74) is 1.51. The van der Waals surface area contributed by atoms with E-state index in [0.717, 1.165) is 56.1 Å². The molecule has 1 saturated carbocycles. The Morgan fingerprint density at radius 1 is 1.14 bits per heavy atom. The first-order valence-corrected chi connectivity index (χ1v) is 13.5. The van der Waals surface area contributed by atoms with Gasteiger partial charge < -0.3 is 20.1 Å². The van der Waals surface area contributed by atoms with E-state index in [4.69, 9.17) is 16.3 Å². The highest BCUT2D eigenvalue weighted by atomic mass is 35.5. The third kappa shape index (κ3) is 6.40. The number of hydrogen-bond acceptors (Lipinski definition) is 5. The number of hydrogen-bond donors (Lipinski definition) is 2. The van der Waals surface area contributed by atoms with E-state index in [1.54, 1.807) is 12.3 Å². The molecule has 0 bridgehead atoms. The standard InChI is InChI=1S/C29H33ClFN3O3/c30-24-17-20(31)7-10-27(24)37-28-13-16-34(18-26(28)35)15-12-19-5-8-21(9-6-19)33-29(36)23-11-14-32-25-4-2-1-3-22(23)25/h1-4,7,10-11,14,17,19,21,26,28,35H,5-6,8-9,12-13,15-16,18H2,(H,33,36)/t19-,21-,26?,28?. The second kappa shape index (κ2) is 11.8. The van der Waals surface area contributed by atoms with Crippen LogP contribution in [0.15, 0.2) is 54.7 Å². The molecule has 2 fully saturated rings. The number of fused-ring (bicyclic) bond motifs is 1. The zero-order valence-corrected chi connectivity index (χ0v) is 21.5. The Morgan fingerprint density at radius 2 is 1.95 bits per heavy atom. The molecule has 3 aromatic rings. The van der Waals surface area contributed by atoms with Crippen LogP contribution < -0.4 is 10.1 Å². The molecule has 2 atom stereocenters. The van der Waals surface area contributed by atoms with Crippen LogP contribution in [-0.2, 0) is 0 Å². The second-order valence-electron chi connectivity index (χ2n) is 10.2. The Labute approximate surface area is 221 Å². The van der Waals surface area contributed by atoms with Crippen LogP contribution in [0.5, 0.6) is 5.75 Å². The molecule has 2 heterocycles. The van der Waals surface area contributed by atoms with Gasteiger partial charge in [-0.2, -0.15) is 0 Å². The number of likely N-dealkylation sites (tertiary alicyclic amines) is 1. The molecule has 2 aliphatic rings. The molecule has 2 aromatic carbocycles. The van der Waals surface area contributed by atoms with Gasteiger partial charge in [0.2, 0.25) is 0 Å². The van der Waals surface area contributed by atoms with Gasteiger partial charge in [0.1, 0.15) is 23.8 Å². The second-order valence-corrected chi connectivity index (χ2v) is 10.7. The van der Waals surface area contributed by atoms with Gasteiger partial charge in [0.15, 0.2) is 0 Å². The highest BCUT2D eigenvalue weighted by Crippen LogP contribution is 2.30. The van der Waals surface area contributed by atoms with Crippen LogP contribution in [0.25, 0.3) is 10.9 Å². The molecule has 0 spiro atoms. The molecule has 1 saturated heterocycles. The summed E-state index contributed by atoms with van der Waals surface area (Å²) in [7, 11) is 0. The van der Waals surface area contributed by atoms with Crippen LogP contribution in [0.4, 0.5) is 4.39 Å². The number of carbonyl (C=O) groups excluding carboxylic acids is 1. The highest BCUT2D eigenvalue weighted by Gasteiger charge is 2.30. The zero-order chi connectivity index (χ0) is 25.8. The van der Waals surface area contributed by atoms with Crippen molar-refractivity contribution in [3.8, 4) is 5.75 Å². The Bertz CT molecular complexity index is 1230. The highest BCUT2D eigenvalue weighted by molar-refractivity contribution is 6.32. The third-order valence-corrected chi connectivity index (χ3v) is 8.00.